The van der Waals surface area contributed by atoms with E-state index in [2.05, 4.69) is 10.3 Å². The van der Waals surface area contributed by atoms with Gasteiger partial charge in [-0.05, 0) is 19.4 Å². The number of carbonyl (C=O) groups excluding carboxylic acids is 1. The molecule has 2 rings (SSSR count). The number of aromatic nitrogens is 1. The molecule has 0 spiro atoms. The van der Waals surface area contributed by atoms with Crippen molar-refractivity contribution in [3.63, 3.8) is 0 Å². The lowest BCUT2D eigenvalue weighted by Crippen LogP contribution is -2.26. The summed E-state index contributed by atoms with van der Waals surface area (Å²) >= 11 is 0. The Kier molecular flexibility index (Phi) is 3.55. The number of amides is 1. The number of aliphatic carboxylic acids is 1. The Bertz CT molecular complexity index is 643. The van der Waals surface area contributed by atoms with Gasteiger partial charge in [-0.25, -0.2) is 0 Å². The van der Waals surface area contributed by atoms with Crippen molar-refractivity contribution in [2.75, 3.05) is 6.54 Å². The smallest absolute Gasteiger partial charge is 0.305 e. The summed E-state index contributed by atoms with van der Waals surface area (Å²) in [6.07, 6.45) is -0.0772. The molecule has 1 aromatic carbocycles. The Hall–Kier alpha value is -2.30. The van der Waals surface area contributed by atoms with Crippen LogP contribution in [-0.4, -0.2) is 28.5 Å². The van der Waals surface area contributed by atoms with Crippen LogP contribution >= 0.6 is 0 Å². The topological polar surface area (TPSA) is 82.2 Å². The number of fused-ring (bicyclic) bond motifs is 1. The van der Waals surface area contributed by atoms with E-state index in [9.17, 15) is 9.59 Å². The molecule has 0 saturated heterocycles. The lowest BCUT2D eigenvalue weighted by atomic mass is 10.1. The highest BCUT2D eigenvalue weighted by Crippen LogP contribution is 2.24. The van der Waals surface area contributed by atoms with Crippen LogP contribution < -0.4 is 5.32 Å². The third kappa shape index (κ3) is 2.59. The molecule has 1 aromatic heterocycles. The number of para-hydroxylation sites is 1. The second-order valence-electron chi connectivity index (χ2n) is 4.52. The van der Waals surface area contributed by atoms with Crippen molar-refractivity contribution < 1.29 is 14.7 Å². The van der Waals surface area contributed by atoms with Gasteiger partial charge >= 0.3 is 5.97 Å². The van der Waals surface area contributed by atoms with Crippen LogP contribution in [0.3, 0.4) is 0 Å². The van der Waals surface area contributed by atoms with Crippen LogP contribution in [-0.2, 0) is 4.79 Å². The van der Waals surface area contributed by atoms with Gasteiger partial charge in [0, 0.05) is 23.1 Å². The van der Waals surface area contributed by atoms with Gasteiger partial charge < -0.3 is 15.4 Å². The van der Waals surface area contributed by atoms with Crippen molar-refractivity contribution in [2.24, 2.45) is 0 Å². The van der Waals surface area contributed by atoms with E-state index in [4.69, 9.17) is 5.11 Å². The van der Waals surface area contributed by atoms with Gasteiger partial charge in [-0.3, -0.25) is 9.59 Å². The maximum absolute atomic E-state index is 12.1. The summed E-state index contributed by atoms with van der Waals surface area (Å²) in [6, 6.07) is 5.77. The average Bonchev–Trinajstić information content (AvgIpc) is 2.66. The van der Waals surface area contributed by atoms with Crippen LogP contribution in [0.5, 0.6) is 0 Å². The highest BCUT2D eigenvalue weighted by atomic mass is 16.4. The largest absolute Gasteiger partial charge is 0.481 e. The number of aryl methyl sites for hydroxylation is 2. The van der Waals surface area contributed by atoms with E-state index in [1.807, 2.05) is 32.0 Å². The molecule has 2 aromatic rings. The van der Waals surface area contributed by atoms with Crippen molar-refractivity contribution in [3.05, 3.63) is 35.0 Å². The predicted molar refractivity (Wildman–Crippen MR) is 72.4 cm³/mol. The maximum atomic E-state index is 12.1. The van der Waals surface area contributed by atoms with E-state index in [0.717, 1.165) is 22.2 Å². The zero-order chi connectivity index (χ0) is 14.0. The van der Waals surface area contributed by atoms with Gasteiger partial charge in [0.05, 0.1) is 12.0 Å². The summed E-state index contributed by atoms with van der Waals surface area (Å²) in [7, 11) is 0. The number of hydrogen-bond acceptors (Lipinski definition) is 2. The molecule has 3 N–H and O–H groups in total. The second kappa shape index (κ2) is 5.14. The first-order chi connectivity index (χ1) is 9.00. The molecule has 1 amide bonds. The fraction of sp³-hybridized carbons (Fsp3) is 0.286. The standard InChI is InChI=1S/C14H16N2O3/c1-8-4-3-5-10-12(9(2)16-13(8)10)14(19)15-7-6-11(17)18/h3-5,16H,6-7H2,1-2H3,(H,15,19)(H,17,18). The van der Waals surface area contributed by atoms with Gasteiger partial charge in [0.1, 0.15) is 0 Å². The molecule has 0 aliphatic heterocycles. The monoisotopic (exact) mass is 260 g/mol. The summed E-state index contributed by atoms with van der Waals surface area (Å²) in [6.45, 7) is 3.95. The summed E-state index contributed by atoms with van der Waals surface area (Å²) in [5.41, 5.74) is 3.40. The van der Waals surface area contributed by atoms with Crippen molar-refractivity contribution in [1.29, 1.82) is 0 Å². The predicted octanol–water partition coefficient (Wildman–Crippen LogP) is 1.99. The lowest BCUT2D eigenvalue weighted by Gasteiger charge is -2.03. The second-order valence-corrected chi connectivity index (χ2v) is 4.52. The normalized spacial score (nSPS) is 10.6. The minimum Gasteiger partial charge on any atom is -0.481 e. The van der Waals surface area contributed by atoms with Gasteiger partial charge in [0.15, 0.2) is 0 Å². The molecule has 0 unspecified atom stereocenters. The lowest BCUT2D eigenvalue weighted by molar-refractivity contribution is -0.136. The first-order valence-corrected chi connectivity index (χ1v) is 6.08. The third-order valence-electron chi connectivity index (χ3n) is 3.08. The van der Waals surface area contributed by atoms with Gasteiger partial charge in [-0.1, -0.05) is 18.2 Å². The molecule has 0 fully saturated rings. The Labute approximate surface area is 110 Å². The highest BCUT2D eigenvalue weighted by molar-refractivity contribution is 6.08. The number of carboxylic acid groups (broad SMARTS) is 1. The SMILES string of the molecule is Cc1[nH]c2c(C)cccc2c1C(=O)NCCC(=O)O. The van der Waals surface area contributed by atoms with E-state index in [1.165, 1.54) is 0 Å². The number of nitrogens with one attached hydrogen (secondary N) is 2. The average molecular weight is 260 g/mol. The van der Waals surface area contributed by atoms with Crippen LogP contribution in [0.1, 0.15) is 28.0 Å². The molecule has 5 nitrogen and oxygen atoms in total. The summed E-state index contributed by atoms with van der Waals surface area (Å²) < 4.78 is 0. The Morgan fingerprint density at radius 2 is 2.05 bits per heavy atom. The fourth-order valence-corrected chi connectivity index (χ4v) is 2.16. The number of carboxylic acids is 1. The van der Waals surface area contributed by atoms with E-state index >= 15 is 0 Å². The number of benzene rings is 1. The van der Waals surface area contributed by atoms with E-state index in [-0.39, 0.29) is 18.9 Å². The van der Waals surface area contributed by atoms with Gasteiger partial charge in [0.25, 0.3) is 5.91 Å². The van der Waals surface area contributed by atoms with Crippen molar-refractivity contribution >= 4 is 22.8 Å². The van der Waals surface area contributed by atoms with Crippen LogP contribution in [0.25, 0.3) is 10.9 Å². The van der Waals surface area contributed by atoms with Crippen molar-refractivity contribution in [3.8, 4) is 0 Å². The molecule has 0 atom stereocenters. The van der Waals surface area contributed by atoms with Crippen LogP contribution in [0.2, 0.25) is 0 Å². The van der Waals surface area contributed by atoms with Crippen LogP contribution in [0.15, 0.2) is 18.2 Å². The van der Waals surface area contributed by atoms with E-state index < -0.39 is 5.97 Å². The highest BCUT2D eigenvalue weighted by Gasteiger charge is 2.16. The van der Waals surface area contributed by atoms with Crippen molar-refractivity contribution in [1.82, 2.24) is 10.3 Å². The molecular formula is C14H16N2O3. The summed E-state index contributed by atoms with van der Waals surface area (Å²) in [5, 5.41) is 12.1. The number of aromatic amines is 1. The molecule has 19 heavy (non-hydrogen) atoms. The molecule has 0 bridgehead atoms. The molecule has 0 aliphatic rings. The first kappa shape index (κ1) is 13.1. The van der Waals surface area contributed by atoms with E-state index in [0.29, 0.717) is 5.56 Å². The first-order valence-electron chi connectivity index (χ1n) is 6.08. The Balaban J connectivity index is 2.29. The summed E-state index contributed by atoms with van der Waals surface area (Å²) in [4.78, 5) is 25.7. The Morgan fingerprint density at radius 1 is 1.32 bits per heavy atom. The summed E-state index contributed by atoms with van der Waals surface area (Å²) in [5.74, 6) is -1.16. The van der Waals surface area contributed by atoms with Crippen LogP contribution in [0.4, 0.5) is 0 Å². The molecule has 1 heterocycles. The van der Waals surface area contributed by atoms with Gasteiger partial charge in [-0.2, -0.15) is 0 Å². The van der Waals surface area contributed by atoms with Crippen LogP contribution in [0, 0.1) is 13.8 Å². The number of carbonyl (C=O) groups is 2. The van der Waals surface area contributed by atoms with Gasteiger partial charge in [-0.15, -0.1) is 0 Å². The molecular weight excluding hydrogens is 244 g/mol. The molecule has 0 radical (unpaired) electrons. The van der Waals surface area contributed by atoms with Crippen molar-refractivity contribution in [2.45, 2.75) is 20.3 Å². The molecule has 5 heteroatoms. The fourth-order valence-electron chi connectivity index (χ4n) is 2.16. The van der Waals surface area contributed by atoms with Gasteiger partial charge in [0.2, 0.25) is 0 Å². The number of H-pyrrole nitrogens is 1. The maximum Gasteiger partial charge on any atom is 0.305 e. The third-order valence-corrected chi connectivity index (χ3v) is 3.08. The molecule has 0 aliphatic carbocycles. The zero-order valence-electron chi connectivity index (χ0n) is 10.9. The number of hydrogen-bond donors (Lipinski definition) is 3. The minimum atomic E-state index is -0.924. The molecule has 0 saturated carbocycles. The quantitative estimate of drug-likeness (QED) is 0.786. The minimum absolute atomic E-state index is 0.0772. The number of rotatable bonds is 4. The zero-order valence-corrected chi connectivity index (χ0v) is 10.9. The Morgan fingerprint density at radius 3 is 2.74 bits per heavy atom. The van der Waals surface area contributed by atoms with E-state index in [1.54, 1.807) is 0 Å². The molecule has 100 valence electrons.